The first-order valence-corrected chi connectivity index (χ1v) is 11.3. The third-order valence-corrected chi connectivity index (χ3v) is 5.85. The summed E-state index contributed by atoms with van der Waals surface area (Å²) in [6.45, 7) is 1.93. The van der Waals surface area contributed by atoms with E-state index in [-0.39, 0.29) is 29.6 Å². The lowest BCUT2D eigenvalue weighted by atomic mass is 10.0. The maximum absolute atomic E-state index is 13.2. The number of nitrogen functional groups attached to an aromatic ring is 1. The van der Waals surface area contributed by atoms with Gasteiger partial charge in [-0.15, -0.1) is 5.10 Å². The Balaban J connectivity index is 1.48. The zero-order valence-electron chi connectivity index (χ0n) is 20.0. The summed E-state index contributed by atoms with van der Waals surface area (Å²) in [5, 5.41) is 32.0. The number of amides is 1. The Hall–Kier alpha value is -5.26. The minimum absolute atomic E-state index is 0.000712. The molecule has 0 saturated heterocycles. The molecular weight excluding hydrogens is 474 g/mol. The summed E-state index contributed by atoms with van der Waals surface area (Å²) in [6, 6.07) is 20.6. The number of hydrogen-bond acceptors (Lipinski definition) is 10. The Morgan fingerprint density at radius 3 is 2.62 bits per heavy atom. The van der Waals surface area contributed by atoms with E-state index in [1.165, 1.54) is 4.68 Å². The molecule has 0 aliphatic carbocycles. The number of carbonyl (C=O) groups excluding carboxylic acids is 1. The first-order chi connectivity index (χ1) is 17.9. The van der Waals surface area contributed by atoms with Crippen LogP contribution < -0.4 is 16.1 Å². The molecule has 0 aliphatic rings. The fourth-order valence-corrected chi connectivity index (χ4v) is 4.01. The number of nitrogens with two attached hydrogens (primary N) is 1. The van der Waals surface area contributed by atoms with Crippen LogP contribution in [-0.2, 0) is 6.54 Å². The lowest BCUT2D eigenvalue weighted by Crippen LogP contribution is -2.25. The van der Waals surface area contributed by atoms with Crippen LogP contribution in [0.5, 0.6) is 5.75 Å². The van der Waals surface area contributed by atoms with Crippen LogP contribution in [0.3, 0.4) is 0 Å². The standard InChI is InChI=1S/C25H23N9O3/c1-15(21-18-11-7-6-8-16(18)12-13-20(21)35)27-29-25(36)22-19(14-33(2)17-9-4-3-5-10-17)34(32-28-22)24-23(26)30-37-31-24/h3-13,35H,14H2,1-2H3,(H2,26,30)(H,29,36). The van der Waals surface area contributed by atoms with Crippen molar-refractivity contribution in [2.45, 2.75) is 13.5 Å². The molecule has 0 aliphatic heterocycles. The van der Waals surface area contributed by atoms with Crippen LogP contribution in [0.1, 0.15) is 28.7 Å². The fraction of sp³-hybridized carbons (Fsp3) is 0.120. The van der Waals surface area contributed by atoms with Crippen molar-refractivity contribution >= 4 is 33.9 Å². The molecule has 0 bridgehead atoms. The average molecular weight is 498 g/mol. The summed E-state index contributed by atoms with van der Waals surface area (Å²) < 4.78 is 6.03. The number of phenols is 1. The van der Waals surface area contributed by atoms with E-state index in [0.717, 1.165) is 16.5 Å². The Bertz CT molecular complexity index is 1610. The minimum atomic E-state index is -0.600. The third kappa shape index (κ3) is 4.55. The van der Waals surface area contributed by atoms with Crippen LogP contribution >= 0.6 is 0 Å². The summed E-state index contributed by atoms with van der Waals surface area (Å²) >= 11 is 0. The van der Waals surface area contributed by atoms with Gasteiger partial charge in [0.05, 0.1) is 18.0 Å². The number of para-hydroxylation sites is 1. The molecule has 5 aromatic rings. The highest BCUT2D eigenvalue weighted by atomic mass is 16.6. The molecule has 2 heterocycles. The molecule has 186 valence electrons. The summed E-state index contributed by atoms with van der Waals surface area (Å²) in [5.74, 6) is -0.430. The summed E-state index contributed by atoms with van der Waals surface area (Å²) in [6.07, 6.45) is 0. The number of aromatic hydroxyl groups is 1. The average Bonchev–Trinajstić information content (AvgIpc) is 3.53. The van der Waals surface area contributed by atoms with Gasteiger partial charge in [-0.1, -0.05) is 53.7 Å². The number of fused-ring (bicyclic) bond motifs is 1. The minimum Gasteiger partial charge on any atom is -0.507 e. The van der Waals surface area contributed by atoms with E-state index in [2.05, 4.69) is 31.2 Å². The number of nitrogens with zero attached hydrogens (tertiary/aromatic N) is 7. The number of rotatable bonds is 7. The van der Waals surface area contributed by atoms with Gasteiger partial charge in [0.25, 0.3) is 5.91 Å². The van der Waals surface area contributed by atoms with E-state index >= 15 is 0 Å². The number of hydrogen-bond donors (Lipinski definition) is 3. The van der Waals surface area contributed by atoms with Crippen LogP contribution in [0, 0.1) is 0 Å². The second kappa shape index (κ2) is 9.77. The van der Waals surface area contributed by atoms with Crippen molar-refractivity contribution in [3.63, 3.8) is 0 Å². The highest BCUT2D eigenvalue weighted by molar-refractivity contribution is 6.12. The van der Waals surface area contributed by atoms with Crippen molar-refractivity contribution in [1.82, 2.24) is 30.7 Å². The first-order valence-electron chi connectivity index (χ1n) is 11.3. The van der Waals surface area contributed by atoms with Gasteiger partial charge in [-0.25, -0.2) is 10.1 Å². The highest BCUT2D eigenvalue weighted by Gasteiger charge is 2.25. The molecule has 3 aromatic carbocycles. The Kier molecular flexibility index (Phi) is 6.20. The van der Waals surface area contributed by atoms with Gasteiger partial charge in [-0.3, -0.25) is 4.79 Å². The molecule has 1 amide bonds. The summed E-state index contributed by atoms with van der Waals surface area (Å²) in [7, 11) is 1.87. The van der Waals surface area contributed by atoms with E-state index in [4.69, 9.17) is 10.4 Å². The SMILES string of the molecule is CC(=NNC(=O)c1nnn(-c2nonc2N)c1CN(C)c1ccccc1)c1c(O)ccc2ccccc12. The lowest BCUT2D eigenvalue weighted by molar-refractivity contribution is 0.0948. The Morgan fingerprint density at radius 2 is 1.86 bits per heavy atom. The molecule has 0 unspecified atom stereocenters. The molecule has 0 atom stereocenters. The number of anilines is 2. The predicted octanol–water partition coefficient (Wildman–Crippen LogP) is 2.88. The molecule has 0 spiro atoms. The number of hydrazone groups is 1. The molecule has 5 rings (SSSR count). The van der Waals surface area contributed by atoms with E-state index < -0.39 is 5.91 Å². The maximum atomic E-state index is 13.2. The highest BCUT2D eigenvalue weighted by Crippen LogP contribution is 2.28. The second-order valence-corrected chi connectivity index (χ2v) is 8.28. The molecule has 12 nitrogen and oxygen atoms in total. The molecule has 0 radical (unpaired) electrons. The summed E-state index contributed by atoms with van der Waals surface area (Å²) in [5.41, 5.74) is 10.7. The van der Waals surface area contributed by atoms with E-state index in [1.54, 1.807) is 13.0 Å². The van der Waals surface area contributed by atoms with Crippen molar-refractivity contribution in [1.29, 1.82) is 0 Å². The van der Waals surface area contributed by atoms with Crippen molar-refractivity contribution in [2.24, 2.45) is 5.10 Å². The zero-order chi connectivity index (χ0) is 25.9. The molecule has 0 fully saturated rings. The van der Waals surface area contributed by atoms with E-state index in [0.29, 0.717) is 17.0 Å². The molecule has 0 saturated carbocycles. The van der Waals surface area contributed by atoms with Crippen LogP contribution in [-0.4, -0.2) is 49.1 Å². The van der Waals surface area contributed by atoms with Crippen LogP contribution in [0.4, 0.5) is 11.5 Å². The van der Waals surface area contributed by atoms with Gasteiger partial charge in [0.15, 0.2) is 5.69 Å². The zero-order valence-corrected chi connectivity index (χ0v) is 20.0. The van der Waals surface area contributed by atoms with Gasteiger partial charge in [-0.05, 0) is 46.2 Å². The van der Waals surface area contributed by atoms with Crippen molar-refractivity contribution < 1.29 is 14.5 Å². The largest absolute Gasteiger partial charge is 0.507 e. The van der Waals surface area contributed by atoms with Gasteiger partial charge >= 0.3 is 0 Å². The molecule has 2 aromatic heterocycles. The second-order valence-electron chi connectivity index (χ2n) is 8.28. The number of nitrogens with one attached hydrogen (secondary N) is 1. The van der Waals surface area contributed by atoms with Crippen molar-refractivity contribution in [3.8, 4) is 11.6 Å². The summed E-state index contributed by atoms with van der Waals surface area (Å²) in [4.78, 5) is 15.1. The van der Waals surface area contributed by atoms with Crippen molar-refractivity contribution in [3.05, 3.63) is 83.7 Å². The van der Waals surface area contributed by atoms with Crippen LogP contribution in [0.15, 0.2) is 76.5 Å². The van der Waals surface area contributed by atoms with Gasteiger partial charge in [-0.2, -0.15) is 9.78 Å². The fourth-order valence-electron chi connectivity index (χ4n) is 4.01. The number of benzene rings is 3. The third-order valence-electron chi connectivity index (χ3n) is 5.85. The molecule has 4 N–H and O–H groups in total. The van der Waals surface area contributed by atoms with E-state index in [9.17, 15) is 9.90 Å². The number of phenolic OH excluding ortho intramolecular Hbond substituents is 1. The smallest absolute Gasteiger partial charge is 0.293 e. The van der Waals surface area contributed by atoms with Crippen molar-refractivity contribution in [2.75, 3.05) is 17.7 Å². The van der Waals surface area contributed by atoms with Gasteiger partial charge in [0.1, 0.15) is 5.75 Å². The van der Waals surface area contributed by atoms with E-state index in [1.807, 2.05) is 72.6 Å². The lowest BCUT2D eigenvalue weighted by Gasteiger charge is -2.19. The number of carbonyl (C=O) groups is 1. The molecule has 37 heavy (non-hydrogen) atoms. The topological polar surface area (TPSA) is 161 Å². The molecular formula is C25H23N9O3. The van der Waals surface area contributed by atoms with Crippen LogP contribution in [0.2, 0.25) is 0 Å². The van der Waals surface area contributed by atoms with Gasteiger partial charge in [0, 0.05) is 18.3 Å². The Labute approximate surface area is 211 Å². The maximum Gasteiger partial charge on any atom is 0.293 e. The molecule has 12 heteroatoms. The number of aromatic nitrogens is 5. The first kappa shape index (κ1) is 23.5. The van der Waals surface area contributed by atoms with Gasteiger partial charge < -0.3 is 15.7 Å². The van der Waals surface area contributed by atoms with Gasteiger partial charge in [0.2, 0.25) is 11.6 Å². The quantitative estimate of drug-likeness (QED) is 0.227. The predicted molar refractivity (Wildman–Crippen MR) is 137 cm³/mol. The Morgan fingerprint density at radius 1 is 1.11 bits per heavy atom. The van der Waals surface area contributed by atoms with Crippen LogP contribution in [0.25, 0.3) is 16.6 Å². The normalized spacial score (nSPS) is 11.6. The monoisotopic (exact) mass is 497 g/mol.